The molecule has 0 aliphatic heterocycles. The largest absolute Gasteiger partial charge is 0.423 e. The second kappa shape index (κ2) is 8.61. The Morgan fingerprint density at radius 1 is 1.21 bits per heavy atom. The molecule has 130 valence electrons. The number of anilines is 1. The molecule has 1 aromatic heterocycles. The van der Waals surface area contributed by atoms with Crippen LogP contribution in [-0.4, -0.2) is 32.6 Å². The Kier molecular flexibility index (Phi) is 6.52. The topological polar surface area (TPSA) is 83.4 Å². The molecule has 24 heavy (non-hydrogen) atoms. The normalized spacial score (nSPS) is 12.3. The number of amides is 1. The van der Waals surface area contributed by atoms with Gasteiger partial charge < -0.3 is 20.4 Å². The van der Waals surface area contributed by atoms with Gasteiger partial charge in [0.1, 0.15) is 5.58 Å². The van der Waals surface area contributed by atoms with Crippen LogP contribution in [0.4, 0.5) is 5.69 Å². The van der Waals surface area contributed by atoms with Crippen molar-refractivity contribution in [1.82, 2.24) is 10.6 Å². The first kappa shape index (κ1) is 18.2. The predicted octanol–water partition coefficient (Wildman–Crippen LogP) is 2.02. The van der Waals surface area contributed by atoms with Gasteiger partial charge in [-0.3, -0.25) is 4.79 Å². The second-order valence-corrected chi connectivity index (χ2v) is 5.89. The van der Waals surface area contributed by atoms with Crippen molar-refractivity contribution in [2.75, 3.05) is 26.0 Å². The number of hydrogen-bond acceptors (Lipinski definition) is 5. The Balaban J connectivity index is 2.07. The summed E-state index contributed by atoms with van der Waals surface area (Å²) >= 11 is 0. The molecule has 1 amide bonds. The van der Waals surface area contributed by atoms with Gasteiger partial charge in [-0.15, -0.1) is 0 Å². The molecule has 0 saturated heterocycles. The van der Waals surface area contributed by atoms with Crippen LogP contribution in [0, 0.1) is 6.92 Å². The van der Waals surface area contributed by atoms with Crippen molar-refractivity contribution >= 4 is 22.6 Å². The number of aryl methyl sites for hydroxylation is 1. The van der Waals surface area contributed by atoms with Gasteiger partial charge in [-0.05, 0) is 58.1 Å². The zero-order chi connectivity index (χ0) is 17.5. The molecule has 1 unspecified atom stereocenters. The molecule has 0 saturated carbocycles. The number of carbonyl (C=O) groups is 1. The number of benzene rings is 1. The van der Waals surface area contributed by atoms with Gasteiger partial charge >= 0.3 is 5.63 Å². The van der Waals surface area contributed by atoms with Crippen molar-refractivity contribution in [2.45, 2.75) is 32.2 Å². The van der Waals surface area contributed by atoms with Crippen LogP contribution in [0.5, 0.6) is 0 Å². The molecule has 2 rings (SSSR count). The van der Waals surface area contributed by atoms with Gasteiger partial charge in [0.05, 0.1) is 6.04 Å². The molecular formula is C18H25N3O3. The SMILES string of the molecule is CNCCCCC(NC)C(=O)Nc1ccc2c(C)cc(=O)oc2c1. The highest BCUT2D eigenvalue weighted by atomic mass is 16.4. The minimum atomic E-state index is -0.388. The number of unbranched alkanes of at least 4 members (excludes halogenated alkanes) is 1. The molecule has 0 spiro atoms. The lowest BCUT2D eigenvalue weighted by atomic mass is 10.1. The van der Waals surface area contributed by atoms with Crippen LogP contribution >= 0.6 is 0 Å². The number of carbonyl (C=O) groups excluding carboxylic acids is 1. The van der Waals surface area contributed by atoms with E-state index in [-0.39, 0.29) is 17.6 Å². The maximum atomic E-state index is 12.4. The number of likely N-dealkylation sites (N-methyl/N-ethyl adjacent to an activating group) is 1. The van der Waals surface area contributed by atoms with Crippen molar-refractivity contribution in [1.29, 1.82) is 0 Å². The predicted molar refractivity (Wildman–Crippen MR) is 96.5 cm³/mol. The van der Waals surface area contributed by atoms with E-state index in [1.807, 2.05) is 26.1 Å². The maximum Gasteiger partial charge on any atom is 0.336 e. The number of fused-ring (bicyclic) bond motifs is 1. The molecule has 0 fully saturated rings. The molecule has 1 aromatic carbocycles. The summed E-state index contributed by atoms with van der Waals surface area (Å²) in [5.74, 6) is -0.0868. The maximum absolute atomic E-state index is 12.4. The Bertz CT molecular complexity index is 755. The van der Waals surface area contributed by atoms with Crippen LogP contribution in [-0.2, 0) is 4.79 Å². The van der Waals surface area contributed by atoms with Gasteiger partial charge in [-0.1, -0.05) is 6.42 Å². The van der Waals surface area contributed by atoms with Crippen LogP contribution in [0.25, 0.3) is 11.0 Å². The van der Waals surface area contributed by atoms with E-state index in [9.17, 15) is 9.59 Å². The fraction of sp³-hybridized carbons (Fsp3) is 0.444. The van der Waals surface area contributed by atoms with E-state index in [4.69, 9.17) is 4.42 Å². The third-order valence-electron chi connectivity index (χ3n) is 4.05. The van der Waals surface area contributed by atoms with E-state index in [1.165, 1.54) is 6.07 Å². The summed E-state index contributed by atoms with van der Waals surface area (Å²) in [6, 6.07) is 6.57. The molecule has 1 heterocycles. The highest BCUT2D eigenvalue weighted by Gasteiger charge is 2.16. The third kappa shape index (κ3) is 4.66. The summed E-state index contributed by atoms with van der Waals surface area (Å²) in [5, 5.41) is 9.90. The molecule has 6 heteroatoms. The molecular weight excluding hydrogens is 306 g/mol. The molecule has 0 radical (unpaired) electrons. The first-order valence-electron chi connectivity index (χ1n) is 8.22. The smallest absolute Gasteiger partial charge is 0.336 e. The Labute approximate surface area is 141 Å². The minimum Gasteiger partial charge on any atom is -0.423 e. The summed E-state index contributed by atoms with van der Waals surface area (Å²) in [6.07, 6.45) is 2.76. The molecule has 1 atom stereocenters. The van der Waals surface area contributed by atoms with E-state index in [0.29, 0.717) is 11.3 Å². The van der Waals surface area contributed by atoms with Crippen molar-refractivity contribution in [2.24, 2.45) is 0 Å². The highest BCUT2D eigenvalue weighted by Crippen LogP contribution is 2.21. The Morgan fingerprint density at radius 2 is 2.00 bits per heavy atom. The van der Waals surface area contributed by atoms with Gasteiger partial charge in [-0.25, -0.2) is 4.79 Å². The summed E-state index contributed by atoms with van der Waals surface area (Å²) in [4.78, 5) is 23.9. The van der Waals surface area contributed by atoms with Gasteiger partial charge in [0.2, 0.25) is 5.91 Å². The van der Waals surface area contributed by atoms with Crippen molar-refractivity contribution in [3.63, 3.8) is 0 Å². The Hall–Kier alpha value is -2.18. The highest BCUT2D eigenvalue weighted by molar-refractivity contribution is 5.96. The standard InChI is InChI=1S/C18H25N3O3/c1-12-10-17(22)24-16-11-13(7-8-14(12)16)21-18(23)15(20-3)6-4-5-9-19-2/h7-8,10-11,15,19-20H,4-6,9H2,1-3H3,(H,21,23). The number of hydrogen-bond donors (Lipinski definition) is 3. The monoisotopic (exact) mass is 331 g/mol. The van der Waals surface area contributed by atoms with Crippen molar-refractivity contribution in [3.8, 4) is 0 Å². The molecule has 0 aliphatic rings. The van der Waals surface area contributed by atoms with Gasteiger partial charge in [-0.2, -0.15) is 0 Å². The zero-order valence-corrected chi connectivity index (χ0v) is 14.4. The molecule has 2 aromatic rings. The Morgan fingerprint density at radius 3 is 2.71 bits per heavy atom. The van der Waals surface area contributed by atoms with E-state index >= 15 is 0 Å². The molecule has 3 N–H and O–H groups in total. The van der Waals surface area contributed by atoms with Crippen LogP contribution in [0.2, 0.25) is 0 Å². The zero-order valence-electron chi connectivity index (χ0n) is 14.4. The first-order chi connectivity index (χ1) is 11.5. The second-order valence-electron chi connectivity index (χ2n) is 5.89. The lowest BCUT2D eigenvalue weighted by Crippen LogP contribution is -2.38. The van der Waals surface area contributed by atoms with Crippen LogP contribution in [0.1, 0.15) is 24.8 Å². The minimum absolute atomic E-state index is 0.0868. The number of nitrogens with one attached hydrogen (secondary N) is 3. The van der Waals surface area contributed by atoms with Crippen LogP contribution in [0.15, 0.2) is 33.5 Å². The van der Waals surface area contributed by atoms with E-state index in [2.05, 4.69) is 16.0 Å². The summed E-state index contributed by atoms with van der Waals surface area (Å²) in [7, 11) is 3.70. The van der Waals surface area contributed by atoms with Crippen LogP contribution in [0.3, 0.4) is 0 Å². The number of rotatable bonds is 8. The summed E-state index contributed by atoms with van der Waals surface area (Å²) < 4.78 is 5.21. The quantitative estimate of drug-likeness (QED) is 0.509. The van der Waals surface area contributed by atoms with Crippen molar-refractivity contribution < 1.29 is 9.21 Å². The van der Waals surface area contributed by atoms with E-state index < -0.39 is 0 Å². The van der Waals surface area contributed by atoms with Crippen LogP contribution < -0.4 is 21.6 Å². The fourth-order valence-corrected chi connectivity index (χ4v) is 2.69. The molecule has 6 nitrogen and oxygen atoms in total. The lowest BCUT2D eigenvalue weighted by molar-refractivity contribution is -0.118. The van der Waals surface area contributed by atoms with E-state index in [0.717, 1.165) is 36.8 Å². The van der Waals surface area contributed by atoms with Crippen molar-refractivity contribution in [3.05, 3.63) is 40.2 Å². The van der Waals surface area contributed by atoms with E-state index in [1.54, 1.807) is 13.1 Å². The van der Waals surface area contributed by atoms with Gasteiger partial charge in [0, 0.05) is 23.2 Å². The average Bonchev–Trinajstić information content (AvgIpc) is 2.54. The molecule has 0 aliphatic carbocycles. The average molecular weight is 331 g/mol. The third-order valence-corrected chi connectivity index (χ3v) is 4.05. The molecule has 0 bridgehead atoms. The van der Waals surface area contributed by atoms with Gasteiger partial charge in [0.15, 0.2) is 0 Å². The fourth-order valence-electron chi connectivity index (χ4n) is 2.69. The first-order valence-corrected chi connectivity index (χ1v) is 8.22. The lowest BCUT2D eigenvalue weighted by Gasteiger charge is -2.16. The summed E-state index contributed by atoms with van der Waals surface area (Å²) in [5.41, 5.74) is 1.57. The summed E-state index contributed by atoms with van der Waals surface area (Å²) in [6.45, 7) is 2.81. The van der Waals surface area contributed by atoms with Gasteiger partial charge in [0.25, 0.3) is 0 Å².